The fourth-order valence-electron chi connectivity index (χ4n) is 3.09. The molecule has 1 atom stereocenters. The van der Waals surface area contributed by atoms with Crippen LogP contribution in [0.3, 0.4) is 0 Å². The van der Waals surface area contributed by atoms with E-state index in [1.165, 1.54) is 0 Å². The average Bonchev–Trinajstić information content (AvgIpc) is 2.97. The van der Waals surface area contributed by atoms with E-state index in [4.69, 9.17) is 4.42 Å². The van der Waals surface area contributed by atoms with Crippen LogP contribution in [-0.4, -0.2) is 25.7 Å². The van der Waals surface area contributed by atoms with Crippen molar-refractivity contribution in [3.05, 3.63) is 23.7 Å². The largest absolute Gasteiger partial charge is 0.464 e. The number of guanidine groups is 1. The first-order chi connectivity index (χ1) is 11.3. The van der Waals surface area contributed by atoms with E-state index in [-0.39, 0.29) is 24.8 Å². The fourth-order valence-corrected chi connectivity index (χ4v) is 3.09. The molecule has 7 heteroatoms. The van der Waals surface area contributed by atoms with Crippen molar-refractivity contribution in [2.24, 2.45) is 16.8 Å². The summed E-state index contributed by atoms with van der Waals surface area (Å²) in [4.78, 5) is 4.17. The standard InChI is InChI=1S/C17H26F3N3O/c1-11-4-9-15(24-11)12(2)23-16(21-3)22-10-13-5-7-14(8-6-13)17(18,19)20/h4,9,12-14H,5-8,10H2,1-3H3,(H2,21,22,23). The molecule has 2 rings (SSSR count). The number of furan rings is 1. The summed E-state index contributed by atoms with van der Waals surface area (Å²) in [5, 5.41) is 6.45. The lowest BCUT2D eigenvalue weighted by Gasteiger charge is -2.30. The summed E-state index contributed by atoms with van der Waals surface area (Å²) in [7, 11) is 1.68. The smallest absolute Gasteiger partial charge is 0.391 e. The zero-order valence-electron chi connectivity index (χ0n) is 14.4. The van der Waals surface area contributed by atoms with Gasteiger partial charge in [-0.1, -0.05) is 0 Å². The highest BCUT2D eigenvalue weighted by molar-refractivity contribution is 5.80. The Morgan fingerprint density at radius 1 is 1.29 bits per heavy atom. The molecule has 1 heterocycles. The van der Waals surface area contributed by atoms with E-state index in [9.17, 15) is 13.2 Å². The van der Waals surface area contributed by atoms with Gasteiger partial charge in [-0.2, -0.15) is 13.2 Å². The highest BCUT2D eigenvalue weighted by Crippen LogP contribution is 2.39. The lowest BCUT2D eigenvalue weighted by atomic mass is 9.81. The molecule has 0 amide bonds. The zero-order chi connectivity index (χ0) is 17.7. The van der Waals surface area contributed by atoms with Crippen LogP contribution < -0.4 is 10.6 Å². The second kappa shape index (κ2) is 7.94. The molecule has 0 bridgehead atoms. The summed E-state index contributed by atoms with van der Waals surface area (Å²) in [5.41, 5.74) is 0. The molecule has 4 nitrogen and oxygen atoms in total. The Hall–Kier alpha value is -1.66. The van der Waals surface area contributed by atoms with Gasteiger partial charge >= 0.3 is 6.18 Å². The van der Waals surface area contributed by atoms with Gasteiger partial charge in [0.2, 0.25) is 0 Å². The van der Waals surface area contributed by atoms with E-state index >= 15 is 0 Å². The number of aliphatic imine (C=N–C) groups is 1. The SMILES string of the molecule is CN=C(NCC1CCC(C(F)(F)F)CC1)NC(C)c1ccc(C)o1. The van der Waals surface area contributed by atoms with Crippen molar-refractivity contribution in [2.45, 2.75) is 51.7 Å². The van der Waals surface area contributed by atoms with Gasteiger partial charge in [0.15, 0.2) is 5.96 Å². The molecule has 1 fully saturated rings. The van der Waals surface area contributed by atoms with Crippen molar-refractivity contribution in [1.82, 2.24) is 10.6 Å². The van der Waals surface area contributed by atoms with E-state index in [2.05, 4.69) is 15.6 Å². The van der Waals surface area contributed by atoms with Crippen molar-refractivity contribution >= 4 is 5.96 Å². The second-order valence-corrected chi connectivity index (χ2v) is 6.53. The predicted octanol–water partition coefficient (Wildman–Crippen LogP) is 4.18. The summed E-state index contributed by atoms with van der Waals surface area (Å²) in [6.45, 7) is 4.49. The van der Waals surface area contributed by atoms with Crippen LogP contribution in [0.4, 0.5) is 13.2 Å². The first kappa shape index (κ1) is 18.7. The van der Waals surface area contributed by atoms with Crippen molar-refractivity contribution in [1.29, 1.82) is 0 Å². The van der Waals surface area contributed by atoms with Crippen molar-refractivity contribution < 1.29 is 17.6 Å². The van der Waals surface area contributed by atoms with Crippen LogP contribution in [0.2, 0.25) is 0 Å². The van der Waals surface area contributed by atoms with Crippen LogP contribution in [0.25, 0.3) is 0 Å². The van der Waals surface area contributed by atoms with Crippen molar-refractivity contribution in [3.63, 3.8) is 0 Å². The van der Waals surface area contributed by atoms with Crippen LogP contribution in [0.1, 0.15) is 50.2 Å². The van der Waals surface area contributed by atoms with Gasteiger partial charge in [-0.15, -0.1) is 0 Å². The number of hydrogen-bond donors (Lipinski definition) is 2. The lowest BCUT2D eigenvalue weighted by molar-refractivity contribution is -0.183. The predicted molar refractivity (Wildman–Crippen MR) is 87.9 cm³/mol. The summed E-state index contributed by atoms with van der Waals surface area (Å²) in [6, 6.07) is 3.78. The molecular formula is C17H26F3N3O. The molecule has 1 unspecified atom stereocenters. The van der Waals surface area contributed by atoms with Gasteiger partial charge < -0.3 is 15.1 Å². The zero-order valence-corrected chi connectivity index (χ0v) is 14.4. The van der Waals surface area contributed by atoms with E-state index < -0.39 is 12.1 Å². The molecule has 0 spiro atoms. The topological polar surface area (TPSA) is 49.6 Å². The van der Waals surface area contributed by atoms with Gasteiger partial charge in [0, 0.05) is 13.6 Å². The quantitative estimate of drug-likeness (QED) is 0.636. The normalized spacial score (nSPS) is 23.8. The minimum Gasteiger partial charge on any atom is -0.464 e. The Balaban J connectivity index is 1.76. The number of alkyl halides is 3. The third kappa shape index (κ3) is 5.18. The Labute approximate surface area is 140 Å². The molecule has 1 saturated carbocycles. The maximum atomic E-state index is 12.7. The number of rotatable bonds is 4. The average molecular weight is 345 g/mol. The first-order valence-electron chi connectivity index (χ1n) is 8.39. The number of nitrogens with one attached hydrogen (secondary N) is 2. The van der Waals surface area contributed by atoms with Gasteiger partial charge in [-0.05, 0) is 57.6 Å². The summed E-state index contributed by atoms with van der Waals surface area (Å²) in [6.07, 6.45) is -2.40. The third-order valence-corrected chi connectivity index (χ3v) is 4.63. The minimum atomic E-state index is -4.05. The van der Waals surface area contributed by atoms with E-state index in [0.717, 1.165) is 11.5 Å². The van der Waals surface area contributed by atoms with Crippen molar-refractivity contribution in [2.75, 3.05) is 13.6 Å². The second-order valence-electron chi connectivity index (χ2n) is 6.53. The van der Waals surface area contributed by atoms with Crippen LogP contribution in [-0.2, 0) is 0 Å². The van der Waals surface area contributed by atoms with Crippen LogP contribution >= 0.6 is 0 Å². The Kier molecular flexibility index (Phi) is 6.18. The molecule has 24 heavy (non-hydrogen) atoms. The van der Waals surface area contributed by atoms with Gasteiger partial charge in [0.25, 0.3) is 0 Å². The molecule has 0 aromatic carbocycles. The fraction of sp³-hybridized carbons (Fsp3) is 0.706. The summed E-state index contributed by atoms with van der Waals surface area (Å²) in [5.74, 6) is 1.43. The minimum absolute atomic E-state index is 0.0362. The summed E-state index contributed by atoms with van der Waals surface area (Å²) < 4.78 is 43.6. The Bertz CT molecular complexity index is 546. The van der Waals surface area contributed by atoms with E-state index in [0.29, 0.717) is 25.3 Å². The molecular weight excluding hydrogens is 319 g/mol. The molecule has 1 aromatic rings. The molecule has 2 N–H and O–H groups in total. The molecule has 0 saturated heterocycles. The Morgan fingerprint density at radius 2 is 1.96 bits per heavy atom. The van der Waals surface area contributed by atoms with Gasteiger partial charge in [-0.3, -0.25) is 4.99 Å². The first-order valence-corrected chi connectivity index (χ1v) is 8.39. The third-order valence-electron chi connectivity index (χ3n) is 4.63. The molecule has 1 aliphatic rings. The number of nitrogens with zero attached hydrogens (tertiary/aromatic N) is 1. The van der Waals surface area contributed by atoms with Gasteiger partial charge in [0.05, 0.1) is 12.0 Å². The summed E-state index contributed by atoms with van der Waals surface area (Å²) >= 11 is 0. The van der Waals surface area contributed by atoms with Crippen molar-refractivity contribution in [3.8, 4) is 0 Å². The monoisotopic (exact) mass is 345 g/mol. The maximum absolute atomic E-state index is 12.7. The maximum Gasteiger partial charge on any atom is 0.391 e. The highest BCUT2D eigenvalue weighted by Gasteiger charge is 2.41. The number of hydrogen-bond acceptors (Lipinski definition) is 2. The van der Waals surface area contributed by atoms with Crippen LogP contribution in [0, 0.1) is 18.8 Å². The van der Waals surface area contributed by atoms with E-state index in [1.807, 2.05) is 26.0 Å². The van der Waals surface area contributed by atoms with Crippen LogP contribution in [0.5, 0.6) is 0 Å². The lowest BCUT2D eigenvalue weighted by Crippen LogP contribution is -2.41. The van der Waals surface area contributed by atoms with Gasteiger partial charge in [0.1, 0.15) is 11.5 Å². The number of halogens is 3. The molecule has 136 valence electrons. The molecule has 0 radical (unpaired) electrons. The van der Waals surface area contributed by atoms with Gasteiger partial charge in [-0.25, -0.2) is 0 Å². The Morgan fingerprint density at radius 3 is 2.46 bits per heavy atom. The van der Waals surface area contributed by atoms with Crippen LogP contribution in [0.15, 0.2) is 21.5 Å². The van der Waals surface area contributed by atoms with E-state index in [1.54, 1.807) is 7.05 Å². The molecule has 0 aliphatic heterocycles. The molecule has 1 aromatic heterocycles. The number of aryl methyl sites for hydroxylation is 1. The molecule has 1 aliphatic carbocycles. The highest BCUT2D eigenvalue weighted by atomic mass is 19.4.